The zero-order valence-corrected chi connectivity index (χ0v) is 14.1. The summed E-state index contributed by atoms with van der Waals surface area (Å²) in [5, 5.41) is 2.84. The molecule has 0 atom stereocenters. The summed E-state index contributed by atoms with van der Waals surface area (Å²) >= 11 is 0. The van der Waals surface area contributed by atoms with Crippen molar-refractivity contribution in [1.82, 2.24) is 4.90 Å². The molecule has 0 spiro atoms. The molecule has 0 heterocycles. The average Bonchev–Trinajstić information content (AvgIpc) is 2.51. The maximum absolute atomic E-state index is 13.2. The Labute approximate surface area is 141 Å². The molecule has 2 rings (SSSR count). The summed E-state index contributed by atoms with van der Waals surface area (Å²) in [6.45, 7) is 3.78. The van der Waals surface area contributed by atoms with Crippen molar-refractivity contribution in [3.05, 3.63) is 65.0 Å². The molecule has 0 aliphatic carbocycles. The summed E-state index contributed by atoms with van der Waals surface area (Å²) in [6.07, 6.45) is 0.0604. The van der Waals surface area contributed by atoms with Crippen LogP contribution in [-0.2, 0) is 16.0 Å². The van der Waals surface area contributed by atoms with E-state index < -0.39 is 0 Å². The van der Waals surface area contributed by atoms with Crippen LogP contribution in [0.2, 0.25) is 0 Å². The number of hydrogen-bond acceptors (Lipinski definition) is 2. The first-order valence-electron chi connectivity index (χ1n) is 7.71. The number of amides is 2. The van der Waals surface area contributed by atoms with Crippen LogP contribution in [0.15, 0.2) is 42.5 Å². The van der Waals surface area contributed by atoms with E-state index in [0.717, 1.165) is 16.8 Å². The van der Waals surface area contributed by atoms with Gasteiger partial charge in [0.1, 0.15) is 5.82 Å². The molecule has 4 nitrogen and oxygen atoms in total. The quantitative estimate of drug-likeness (QED) is 0.917. The highest BCUT2D eigenvalue weighted by molar-refractivity contribution is 5.95. The maximum Gasteiger partial charge on any atom is 0.243 e. The van der Waals surface area contributed by atoms with Crippen molar-refractivity contribution in [3.8, 4) is 0 Å². The molecule has 2 amide bonds. The maximum atomic E-state index is 13.2. The van der Waals surface area contributed by atoms with Gasteiger partial charge in [0, 0.05) is 12.7 Å². The Bertz CT molecular complexity index is 739. The lowest BCUT2D eigenvalue weighted by molar-refractivity contribution is -0.132. The number of carbonyl (C=O) groups is 2. The largest absolute Gasteiger partial charge is 0.336 e. The van der Waals surface area contributed by atoms with E-state index in [1.807, 2.05) is 32.0 Å². The summed E-state index contributed by atoms with van der Waals surface area (Å²) in [5.41, 5.74) is 3.30. The van der Waals surface area contributed by atoms with Crippen LogP contribution in [0.25, 0.3) is 0 Å². The van der Waals surface area contributed by atoms with Crippen LogP contribution in [0.1, 0.15) is 16.7 Å². The fraction of sp³-hybridized carbons (Fsp3) is 0.263. The van der Waals surface area contributed by atoms with E-state index in [0.29, 0.717) is 5.56 Å². The van der Waals surface area contributed by atoms with Gasteiger partial charge in [-0.15, -0.1) is 0 Å². The summed E-state index contributed by atoms with van der Waals surface area (Å²) in [7, 11) is 1.56. The van der Waals surface area contributed by atoms with Crippen molar-refractivity contribution in [2.24, 2.45) is 0 Å². The highest BCUT2D eigenvalue weighted by Gasteiger charge is 2.15. The lowest BCUT2D eigenvalue weighted by Crippen LogP contribution is -2.36. The lowest BCUT2D eigenvalue weighted by Gasteiger charge is -2.18. The number of likely N-dealkylation sites (N-methyl/N-ethyl adjacent to an activating group) is 1. The number of nitrogens with one attached hydrogen (secondary N) is 1. The fourth-order valence-corrected chi connectivity index (χ4v) is 2.45. The molecular weight excluding hydrogens is 307 g/mol. The fourth-order valence-electron chi connectivity index (χ4n) is 2.45. The first-order valence-corrected chi connectivity index (χ1v) is 7.71. The smallest absolute Gasteiger partial charge is 0.243 e. The number of nitrogens with zero attached hydrogens (tertiary/aromatic N) is 1. The monoisotopic (exact) mass is 328 g/mol. The third kappa shape index (κ3) is 4.65. The molecule has 0 saturated carbocycles. The number of hydrogen-bond donors (Lipinski definition) is 1. The van der Waals surface area contributed by atoms with Gasteiger partial charge in [0.15, 0.2) is 0 Å². The molecular formula is C19H21FN2O2. The Morgan fingerprint density at radius 1 is 1.08 bits per heavy atom. The molecule has 0 unspecified atom stereocenters. The molecule has 0 aromatic heterocycles. The van der Waals surface area contributed by atoms with Crippen molar-refractivity contribution in [2.75, 3.05) is 18.9 Å². The molecule has 0 bridgehead atoms. The number of halogens is 1. The Hall–Kier alpha value is -2.69. The number of rotatable bonds is 5. The van der Waals surface area contributed by atoms with Crippen molar-refractivity contribution in [1.29, 1.82) is 0 Å². The van der Waals surface area contributed by atoms with E-state index in [-0.39, 0.29) is 30.6 Å². The average molecular weight is 328 g/mol. The molecule has 0 aliphatic rings. The van der Waals surface area contributed by atoms with E-state index in [1.54, 1.807) is 19.2 Å². The summed E-state index contributed by atoms with van der Waals surface area (Å²) in [4.78, 5) is 25.7. The predicted octanol–water partition coefficient (Wildman–Crippen LogP) is 3.08. The minimum atomic E-state index is -0.379. The third-order valence-electron chi connectivity index (χ3n) is 3.80. The van der Waals surface area contributed by atoms with Gasteiger partial charge in [0.25, 0.3) is 0 Å². The molecule has 126 valence electrons. The Morgan fingerprint density at radius 2 is 1.71 bits per heavy atom. The predicted molar refractivity (Wildman–Crippen MR) is 92.3 cm³/mol. The van der Waals surface area contributed by atoms with Crippen LogP contribution in [0.4, 0.5) is 10.1 Å². The Kier molecular flexibility index (Phi) is 5.68. The topological polar surface area (TPSA) is 49.4 Å². The van der Waals surface area contributed by atoms with Gasteiger partial charge in [-0.3, -0.25) is 9.59 Å². The standard InChI is InChI=1S/C19H21FN2O2/c1-13-6-4-7-14(2)19(13)21-17(23)12-22(3)18(24)11-15-8-5-9-16(20)10-15/h4-10H,11-12H2,1-3H3,(H,21,23). The second kappa shape index (κ2) is 7.73. The van der Waals surface area contributed by atoms with Crippen molar-refractivity contribution in [3.63, 3.8) is 0 Å². The van der Waals surface area contributed by atoms with Crippen molar-refractivity contribution < 1.29 is 14.0 Å². The second-order valence-corrected chi connectivity index (χ2v) is 5.87. The normalized spacial score (nSPS) is 10.3. The van der Waals surface area contributed by atoms with E-state index >= 15 is 0 Å². The molecule has 0 aliphatic heterocycles. The van der Waals surface area contributed by atoms with E-state index in [4.69, 9.17) is 0 Å². The van der Waals surface area contributed by atoms with Crippen LogP contribution < -0.4 is 5.32 Å². The Morgan fingerprint density at radius 3 is 2.33 bits per heavy atom. The van der Waals surface area contributed by atoms with Gasteiger partial charge in [-0.25, -0.2) is 4.39 Å². The molecule has 0 radical (unpaired) electrons. The van der Waals surface area contributed by atoms with Crippen LogP contribution in [0.5, 0.6) is 0 Å². The molecule has 5 heteroatoms. The van der Waals surface area contributed by atoms with Gasteiger partial charge in [-0.05, 0) is 42.7 Å². The molecule has 0 fully saturated rings. The van der Waals surface area contributed by atoms with Crippen LogP contribution in [0.3, 0.4) is 0 Å². The van der Waals surface area contributed by atoms with Crippen LogP contribution in [-0.4, -0.2) is 30.3 Å². The van der Waals surface area contributed by atoms with E-state index in [9.17, 15) is 14.0 Å². The van der Waals surface area contributed by atoms with Gasteiger partial charge >= 0.3 is 0 Å². The molecule has 24 heavy (non-hydrogen) atoms. The highest BCUT2D eigenvalue weighted by atomic mass is 19.1. The van der Waals surface area contributed by atoms with Gasteiger partial charge in [-0.2, -0.15) is 0 Å². The van der Waals surface area contributed by atoms with Gasteiger partial charge in [0.2, 0.25) is 11.8 Å². The van der Waals surface area contributed by atoms with E-state index in [2.05, 4.69) is 5.32 Å². The molecule has 0 saturated heterocycles. The third-order valence-corrected chi connectivity index (χ3v) is 3.80. The number of anilines is 1. The van der Waals surface area contributed by atoms with Gasteiger partial charge < -0.3 is 10.2 Å². The summed E-state index contributed by atoms with van der Waals surface area (Å²) < 4.78 is 13.2. The second-order valence-electron chi connectivity index (χ2n) is 5.87. The minimum absolute atomic E-state index is 0.0536. The number of aryl methyl sites for hydroxylation is 2. The number of carbonyl (C=O) groups excluding carboxylic acids is 2. The first-order chi connectivity index (χ1) is 11.4. The SMILES string of the molecule is Cc1cccc(C)c1NC(=O)CN(C)C(=O)Cc1cccc(F)c1. The zero-order valence-electron chi connectivity index (χ0n) is 14.1. The molecule has 2 aromatic carbocycles. The van der Waals surface area contributed by atoms with Crippen LogP contribution >= 0.6 is 0 Å². The lowest BCUT2D eigenvalue weighted by atomic mass is 10.1. The minimum Gasteiger partial charge on any atom is -0.336 e. The summed E-state index contributed by atoms with van der Waals surface area (Å²) in [6, 6.07) is 11.7. The van der Waals surface area contributed by atoms with Gasteiger partial charge in [0.05, 0.1) is 13.0 Å². The van der Waals surface area contributed by atoms with Gasteiger partial charge in [-0.1, -0.05) is 30.3 Å². The van der Waals surface area contributed by atoms with Crippen LogP contribution in [0, 0.1) is 19.7 Å². The molecule has 1 N–H and O–H groups in total. The van der Waals surface area contributed by atoms with Crippen molar-refractivity contribution in [2.45, 2.75) is 20.3 Å². The van der Waals surface area contributed by atoms with Crippen molar-refractivity contribution >= 4 is 17.5 Å². The Balaban J connectivity index is 1.94. The number of para-hydroxylation sites is 1. The van der Waals surface area contributed by atoms with E-state index in [1.165, 1.54) is 17.0 Å². The zero-order chi connectivity index (χ0) is 17.7. The molecule has 2 aromatic rings. The summed E-state index contributed by atoms with van der Waals surface area (Å²) in [5.74, 6) is -0.879. The number of benzene rings is 2. The first kappa shape index (κ1) is 17.7. The highest BCUT2D eigenvalue weighted by Crippen LogP contribution is 2.19.